The number of nitrogens with zero attached hydrogens (tertiary/aromatic N) is 3. The fraction of sp³-hybridized carbons (Fsp3) is 0.889. The average Bonchev–Trinajstić information content (AvgIpc) is 2.92. The highest BCUT2D eigenvalue weighted by Crippen LogP contribution is 2.12. The number of ether oxygens (including phenoxy) is 1. The summed E-state index contributed by atoms with van der Waals surface area (Å²) >= 11 is 0. The molecule has 0 radical (unpaired) electrons. The Morgan fingerprint density at radius 1 is 1.21 bits per heavy atom. The second-order valence-electron chi connectivity index (χ2n) is 8.31. The minimum Gasteiger partial charge on any atom is -0.444 e. The van der Waals surface area contributed by atoms with Crippen LogP contribution in [0.25, 0.3) is 0 Å². The van der Waals surface area contributed by atoms with E-state index in [1.807, 2.05) is 27.7 Å². The van der Waals surface area contributed by atoms with Gasteiger partial charge in [0.05, 0.1) is 18.1 Å². The molecule has 0 aromatic carbocycles. The number of carbonyl (C=O) groups excluding carboxylic acids is 1. The molecule has 2 heterocycles. The predicted molar refractivity (Wildman–Crippen MR) is 126 cm³/mol. The monoisotopic (exact) mass is 545 g/mol. The number of guanidine groups is 1. The Labute approximate surface area is 191 Å². The Bertz CT molecular complexity index is 658. The summed E-state index contributed by atoms with van der Waals surface area (Å²) < 4.78 is 28.6. The van der Waals surface area contributed by atoms with Gasteiger partial charge in [-0.1, -0.05) is 0 Å². The Morgan fingerprint density at radius 2 is 1.86 bits per heavy atom. The van der Waals surface area contributed by atoms with Gasteiger partial charge in [0.1, 0.15) is 5.60 Å². The topological polar surface area (TPSA) is 103 Å². The van der Waals surface area contributed by atoms with Gasteiger partial charge in [-0.3, -0.25) is 9.89 Å². The van der Waals surface area contributed by atoms with Crippen molar-refractivity contribution in [3.8, 4) is 0 Å². The quantitative estimate of drug-likeness (QED) is 0.301. The first-order valence-electron chi connectivity index (χ1n) is 10.0. The summed E-state index contributed by atoms with van der Waals surface area (Å²) in [6.07, 6.45) is 0.370. The molecule has 2 N–H and O–H groups in total. The number of halogens is 1. The van der Waals surface area contributed by atoms with E-state index in [-0.39, 0.29) is 47.6 Å². The van der Waals surface area contributed by atoms with Gasteiger partial charge in [0, 0.05) is 45.3 Å². The van der Waals surface area contributed by atoms with Crippen molar-refractivity contribution in [2.75, 3.05) is 57.3 Å². The lowest BCUT2D eigenvalue weighted by Gasteiger charge is -2.35. The number of rotatable bonds is 5. The van der Waals surface area contributed by atoms with Crippen LogP contribution < -0.4 is 10.6 Å². The van der Waals surface area contributed by atoms with Crippen molar-refractivity contribution in [1.29, 1.82) is 0 Å². The van der Waals surface area contributed by atoms with Gasteiger partial charge in [-0.25, -0.2) is 13.2 Å². The first kappa shape index (κ1) is 26.2. The third-order valence-electron chi connectivity index (χ3n) is 4.63. The lowest BCUT2D eigenvalue weighted by atomic mass is 10.2. The van der Waals surface area contributed by atoms with E-state index in [2.05, 4.69) is 20.5 Å². The Hall–Kier alpha value is -0.820. The maximum absolute atomic E-state index is 12.1. The maximum Gasteiger partial charge on any atom is 0.410 e. The normalized spacial score (nSPS) is 22.7. The van der Waals surface area contributed by atoms with Crippen molar-refractivity contribution in [2.45, 2.75) is 45.8 Å². The third-order valence-corrected chi connectivity index (χ3v) is 6.40. The largest absolute Gasteiger partial charge is 0.444 e. The van der Waals surface area contributed by atoms with Crippen LogP contribution in [0.15, 0.2) is 4.99 Å². The summed E-state index contributed by atoms with van der Waals surface area (Å²) in [7, 11) is -2.91. The molecule has 1 amide bonds. The molecule has 0 spiro atoms. The van der Waals surface area contributed by atoms with Crippen LogP contribution in [0.4, 0.5) is 4.79 Å². The van der Waals surface area contributed by atoms with Crippen LogP contribution in [0.3, 0.4) is 0 Å². The Morgan fingerprint density at radius 3 is 2.38 bits per heavy atom. The zero-order chi connectivity index (χ0) is 20.8. The van der Waals surface area contributed by atoms with E-state index in [0.29, 0.717) is 32.0 Å². The minimum absolute atomic E-state index is 0. The second kappa shape index (κ2) is 11.5. The molecule has 2 aliphatic rings. The lowest BCUT2D eigenvalue weighted by molar-refractivity contribution is 0.0148. The second-order valence-corrected chi connectivity index (χ2v) is 10.5. The zero-order valence-electron chi connectivity index (χ0n) is 17.9. The van der Waals surface area contributed by atoms with E-state index in [4.69, 9.17) is 4.74 Å². The highest BCUT2D eigenvalue weighted by molar-refractivity contribution is 14.0. The molecule has 1 atom stereocenters. The SMILES string of the molecule is CCNC(=NCCN1CCN(C(=O)OC(C)(C)C)CC1)NC1CCS(=O)(=O)C1.I. The maximum atomic E-state index is 12.1. The number of piperazine rings is 1. The van der Waals surface area contributed by atoms with Crippen LogP contribution in [-0.2, 0) is 14.6 Å². The fourth-order valence-corrected chi connectivity index (χ4v) is 4.88. The highest BCUT2D eigenvalue weighted by Gasteiger charge is 2.28. The molecule has 0 saturated carbocycles. The molecule has 0 aromatic heterocycles. The van der Waals surface area contributed by atoms with Crippen molar-refractivity contribution in [3.63, 3.8) is 0 Å². The van der Waals surface area contributed by atoms with Gasteiger partial charge in [-0.05, 0) is 34.1 Å². The Balaban J connectivity index is 0.00000420. The van der Waals surface area contributed by atoms with Gasteiger partial charge in [-0.15, -0.1) is 24.0 Å². The number of nitrogens with one attached hydrogen (secondary N) is 2. The predicted octanol–water partition coefficient (Wildman–Crippen LogP) is 0.899. The molecule has 0 bridgehead atoms. The van der Waals surface area contributed by atoms with Crippen LogP contribution in [0.5, 0.6) is 0 Å². The molecule has 9 nitrogen and oxygen atoms in total. The zero-order valence-corrected chi connectivity index (χ0v) is 21.1. The van der Waals surface area contributed by atoms with Crippen LogP contribution >= 0.6 is 24.0 Å². The van der Waals surface area contributed by atoms with Crippen molar-refractivity contribution in [2.24, 2.45) is 4.99 Å². The summed E-state index contributed by atoms with van der Waals surface area (Å²) in [5.41, 5.74) is -0.475. The van der Waals surface area contributed by atoms with Crippen molar-refractivity contribution >= 4 is 45.9 Å². The Kier molecular flexibility index (Phi) is 10.4. The van der Waals surface area contributed by atoms with Gasteiger partial charge >= 0.3 is 6.09 Å². The fourth-order valence-electron chi connectivity index (χ4n) is 3.21. The van der Waals surface area contributed by atoms with Gasteiger partial charge in [-0.2, -0.15) is 0 Å². The summed E-state index contributed by atoms with van der Waals surface area (Å²) in [4.78, 5) is 20.7. The molecule has 2 aliphatic heterocycles. The van der Waals surface area contributed by atoms with Gasteiger partial charge in [0.2, 0.25) is 0 Å². The summed E-state index contributed by atoms with van der Waals surface area (Å²) in [6, 6.07) is -0.0693. The molecular weight excluding hydrogens is 509 g/mol. The molecule has 1 unspecified atom stereocenters. The number of sulfone groups is 1. The molecule has 29 heavy (non-hydrogen) atoms. The van der Waals surface area contributed by atoms with Gasteiger partial charge < -0.3 is 20.3 Å². The number of hydrogen-bond donors (Lipinski definition) is 2. The molecule has 11 heteroatoms. The molecular formula is C18H36IN5O4S. The molecule has 2 fully saturated rings. The van der Waals surface area contributed by atoms with Crippen LogP contribution in [0.2, 0.25) is 0 Å². The molecule has 2 saturated heterocycles. The lowest BCUT2D eigenvalue weighted by Crippen LogP contribution is -2.50. The van der Waals surface area contributed by atoms with E-state index in [1.165, 1.54) is 0 Å². The number of hydrogen-bond acceptors (Lipinski definition) is 6. The van der Waals surface area contributed by atoms with E-state index in [0.717, 1.165) is 26.2 Å². The number of carbonyl (C=O) groups is 1. The van der Waals surface area contributed by atoms with Crippen LogP contribution in [0, 0.1) is 0 Å². The van der Waals surface area contributed by atoms with Gasteiger partial charge in [0.25, 0.3) is 0 Å². The van der Waals surface area contributed by atoms with E-state index < -0.39 is 15.4 Å². The highest BCUT2D eigenvalue weighted by atomic mass is 127. The van der Waals surface area contributed by atoms with Crippen molar-refractivity contribution in [1.82, 2.24) is 20.4 Å². The van der Waals surface area contributed by atoms with Crippen molar-refractivity contribution in [3.05, 3.63) is 0 Å². The molecule has 170 valence electrons. The number of aliphatic imine (C=N–C) groups is 1. The van der Waals surface area contributed by atoms with E-state index >= 15 is 0 Å². The standard InChI is InChI=1S/C18H35N5O4S.HI/c1-5-19-16(21-15-6-13-28(25,26)14-15)20-7-8-22-9-11-23(12-10-22)17(24)27-18(2,3)4;/h15H,5-14H2,1-4H3,(H2,19,20,21);1H. The van der Waals surface area contributed by atoms with Crippen LogP contribution in [-0.4, -0.2) is 99.2 Å². The molecule has 2 rings (SSSR count). The van der Waals surface area contributed by atoms with Gasteiger partial charge in [0.15, 0.2) is 15.8 Å². The van der Waals surface area contributed by atoms with Crippen molar-refractivity contribution < 1.29 is 17.9 Å². The summed E-state index contributed by atoms with van der Waals surface area (Å²) in [5.74, 6) is 1.08. The van der Waals surface area contributed by atoms with Crippen LogP contribution in [0.1, 0.15) is 34.1 Å². The number of amides is 1. The first-order chi connectivity index (χ1) is 13.1. The smallest absolute Gasteiger partial charge is 0.410 e. The molecule has 0 aliphatic carbocycles. The average molecular weight is 545 g/mol. The summed E-state index contributed by atoms with van der Waals surface area (Å²) in [6.45, 7) is 12.6. The third kappa shape index (κ3) is 9.69. The molecule has 0 aromatic rings. The first-order valence-corrected chi connectivity index (χ1v) is 11.9. The minimum atomic E-state index is -2.91. The van der Waals surface area contributed by atoms with E-state index in [9.17, 15) is 13.2 Å². The van der Waals surface area contributed by atoms with E-state index in [1.54, 1.807) is 4.90 Å². The summed E-state index contributed by atoms with van der Waals surface area (Å²) in [5, 5.41) is 6.40.